The molecule has 2 heterocycles. The molecule has 0 atom stereocenters. The van der Waals surface area contributed by atoms with Crippen LogP contribution in [0.25, 0.3) is 0 Å². The van der Waals surface area contributed by atoms with Crippen LogP contribution in [0.15, 0.2) is 36.7 Å². The summed E-state index contributed by atoms with van der Waals surface area (Å²) in [6, 6.07) is 8.21. The van der Waals surface area contributed by atoms with E-state index in [1.165, 1.54) is 11.1 Å². The molecule has 0 saturated heterocycles. The SMILES string of the molecule is Cc1cccnc1CN(Cc1ncccc1C(C)C)[C@H]1CC[C@H](NC(=O)NO)CC1. The lowest BCUT2D eigenvalue weighted by molar-refractivity contribution is 0.120. The van der Waals surface area contributed by atoms with Gasteiger partial charge in [-0.25, -0.2) is 10.3 Å². The smallest absolute Gasteiger partial charge is 0.334 e. The molecule has 3 N–H and O–H groups in total. The van der Waals surface area contributed by atoms with Gasteiger partial charge in [0.05, 0.1) is 11.4 Å². The average molecular weight is 412 g/mol. The Morgan fingerprint density at radius 1 is 1.10 bits per heavy atom. The van der Waals surface area contributed by atoms with Gasteiger partial charge in [0.15, 0.2) is 0 Å². The van der Waals surface area contributed by atoms with Gasteiger partial charge in [-0.3, -0.25) is 20.1 Å². The van der Waals surface area contributed by atoms with Crippen molar-refractivity contribution in [1.29, 1.82) is 0 Å². The quantitative estimate of drug-likeness (QED) is 0.475. The summed E-state index contributed by atoms with van der Waals surface area (Å²) >= 11 is 0. The fourth-order valence-corrected chi connectivity index (χ4v) is 4.29. The maximum Gasteiger partial charge on any atom is 0.338 e. The van der Waals surface area contributed by atoms with E-state index in [2.05, 4.69) is 48.1 Å². The van der Waals surface area contributed by atoms with Crippen LogP contribution >= 0.6 is 0 Å². The summed E-state index contributed by atoms with van der Waals surface area (Å²) < 4.78 is 0. The minimum Gasteiger partial charge on any atom is -0.334 e. The van der Waals surface area contributed by atoms with Crippen molar-refractivity contribution in [1.82, 2.24) is 25.7 Å². The summed E-state index contributed by atoms with van der Waals surface area (Å²) in [7, 11) is 0. The number of hydroxylamine groups is 1. The van der Waals surface area contributed by atoms with E-state index in [-0.39, 0.29) is 6.04 Å². The van der Waals surface area contributed by atoms with Crippen LogP contribution in [0.4, 0.5) is 4.79 Å². The highest BCUT2D eigenvalue weighted by atomic mass is 16.5. The van der Waals surface area contributed by atoms with E-state index < -0.39 is 6.03 Å². The first-order chi connectivity index (χ1) is 14.5. The number of amides is 2. The van der Waals surface area contributed by atoms with E-state index in [1.54, 1.807) is 5.48 Å². The Hall–Kier alpha value is -2.51. The Kier molecular flexibility index (Phi) is 7.76. The molecule has 2 amide bonds. The van der Waals surface area contributed by atoms with Gasteiger partial charge in [-0.05, 0) is 61.8 Å². The number of urea groups is 1. The van der Waals surface area contributed by atoms with E-state index in [0.717, 1.165) is 50.2 Å². The first-order valence-corrected chi connectivity index (χ1v) is 10.8. The van der Waals surface area contributed by atoms with E-state index in [1.807, 2.05) is 24.5 Å². The van der Waals surface area contributed by atoms with Gasteiger partial charge in [0.2, 0.25) is 0 Å². The first-order valence-electron chi connectivity index (χ1n) is 10.8. The van der Waals surface area contributed by atoms with Gasteiger partial charge in [-0.15, -0.1) is 0 Å². The lowest BCUT2D eigenvalue weighted by Crippen LogP contribution is -2.46. The van der Waals surface area contributed by atoms with Crippen molar-refractivity contribution >= 4 is 6.03 Å². The number of carbonyl (C=O) groups is 1. The molecule has 0 spiro atoms. The Balaban J connectivity index is 1.77. The molecule has 1 aliphatic carbocycles. The molecule has 7 heteroatoms. The molecule has 162 valence electrons. The number of rotatable bonds is 7. The average Bonchev–Trinajstić information content (AvgIpc) is 2.75. The van der Waals surface area contributed by atoms with Crippen LogP contribution in [0.5, 0.6) is 0 Å². The maximum atomic E-state index is 11.4. The largest absolute Gasteiger partial charge is 0.338 e. The predicted octanol–water partition coefficient (Wildman–Crippen LogP) is 3.91. The molecule has 30 heavy (non-hydrogen) atoms. The number of carbonyl (C=O) groups excluding carboxylic acids is 1. The monoisotopic (exact) mass is 411 g/mol. The van der Waals surface area contributed by atoms with E-state index in [9.17, 15) is 4.79 Å². The van der Waals surface area contributed by atoms with Crippen molar-refractivity contribution in [3.8, 4) is 0 Å². The predicted molar refractivity (Wildman–Crippen MR) is 116 cm³/mol. The van der Waals surface area contributed by atoms with Gasteiger partial charge in [0.1, 0.15) is 0 Å². The van der Waals surface area contributed by atoms with Gasteiger partial charge >= 0.3 is 6.03 Å². The molecule has 0 aliphatic heterocycles. The van der Waals surface area contributed by atoms with Crippen LogP contribution < -0.4 is 10.8 Å². The molecule has 0 unspecified atom stereocenters. The number of hydrogen-bond acceptors (Lipinski definition) is 5. The van der Waals surface area contributed by atoms with Gasteiger partial charge in [-0.1, -0.05) is 26.0 Å². The minimum atomic E-state index is -0.533. The van der Waals surface area contributed by atoms with E-state index in [0.29, 0.717) is 12.0 Å². The zero-order valence-electron chi connectivity index (χ0n) is 18.1. The third kappa shape index (κ3) is 5.77. The van der Waals surface area contributed by atoms with Gasteiger partial charge in [0.25, 0.3) is 0 Å². The highest BCUT2D eigenvalue weighted by Crippen LogP contribution is 2.28. The van der Waals surface area contributed by atoms with Gasteiger partial charge in [0, 0.05) is 37.6 Å². The highest BCUT2D eigenvalue weighted by Gasteiger charge is 2.28. The summed E-state index contributed by atoms with van der Waals surface area (Å²) in [6.07, 6.45) is 7.46. The zero-order valence-corrected chi connectivity index (χ0v) is 18.1. The third-order valence-electron chi connectivity index (χ3n) is 6.02. The van der Waals surface area contributed by atoms with Crippen molar-refractivity contribution in [2.45, 2.75) is 77.5 Å². The standard InChI is InChI=1S/C23H33N5O2/c1-16(2)20-7-5-13-25-22(20)15-28(14-21-17(3)6-4-12-24-21)19-10-8-18(9-11-19)26-23(29)27-30/h4-7,12-13,16,18-19,30H,8-11,14-15H2,1-3H3,(H2,26,27,29)/t18-,19-. The van der Waals surface area contributed by atoms with E-state index in [4.69, 9.17) is 10.2 Å². The summed E-state index contributed by atoms with van der Waals surface area (Å²) in [6.45, 7) is 8.08. The maximum absolute atomic E-state index is 11.4. The summed E-state index contributed by atoms with van der Waals surface area (Å²) in [5.41, 5.74) is 6.36. The Morgan fingerprint density at radius 3 is 2.37 bits per heavy atom. The van der Waals surface area contributed by atoms with Crippen LogP contribution in [0.3, 0.4) is 0 Å². The Labute approximate surface area is 178 Å². The highest BCUT2D eigenvalue weighted by molar-refractivity contribution is 5.72. The van der Waals surface area contributed by atoms with E-state index >= 15 is 0 Å². The lowest BCUT2D eigenvalue weighted by Gasteiger charge is -2.37. The molecule has 7 nitrogen and oxygen atoms in total. The first kappa shape index (κ1) is 22.2. The molecule has 0 radical (unpaired) electrons. The Bertz CT molecular complexity index is 834. The van der Waals surface area contributed by atoms with Crippen LogP contribution in [-0.2, 0) is 13.1 Å². The Morgan fingerprint density at radius 2 is 1.73 bits per heavy atom. The molecule has 3 rings (SSSR count). The van der Waals surface area contributed by atoms with Crippen LogP contribution in [0, 0.1) is 6.92 Å². The summed E-state index contributed by atoms with van der Waals surface area (Å²) in [5, 5.41) is 11.6. The fourth-order valence-electron chi connectivity index (χ4n) is 4.29. The number of nitrogens with zero attached hydrogens (tertiary/aromatic N) is 3. The molecule has 1 fully saturated rings. The summed E-state index contributed by atoms with van der Waals surface area (Å²) in [5.74, 6) is 0.420. The molecule has 2 aromatic rings. The number of aryl methyl sites for hydroxylation is 1. The number of hydrogen-bond donors (Lipinski definition) is 3. The van der Waals surface area contributed by atoms with Crippen molar-refractivity contribution in [2.24, 2.45) is 0 Å². The normalized spacial score (nSPS) is 19.1. The molecule has 2 aromatic heterocycles. The van der Waals surface area contributed by atoms with Crippen LogP contribution in [0.1, 0.15) is 68.0 Å². The van der Waals surface area contributed by atoms with Crippen molar-refractivity contribution in [3.05, 3.63) is 59.2 Å². The second-order valence-corrected chi connectivity index (χ2v) is 8.46. The number of nitrogens with one attached hydrogen (secondary N) is 2. The zero-order chi connectivity index (χ0) is 21.5. The molecular weight excluding hydrogens is 378 g/mol. The van der Waals surface area contributed by atoms with Gasteiger partial charge in [-0.2, -0.15) is 0 Å². The second-order valence-electron chi connectivity index (χ2n) is 8.46. The van der Waals surface area contributed by atoms with Crippen LogP contribution in [-0.4, -0.2) is 38.2 Å². The molecule has 1 aliphatic rings. The molecular formula is C23H33N5O2. The molecule has 0 aromatic carbocycles. The molecule has 0 bridgehead atoms. The number of pyridine rings is 2. The summed E-state index contributed by atoms with van der Waals surface area (Å²) in [4.78, 5) is 23.2. The van der Waals surface area contributed by atoms with Crippen LogP contribution in [0.2, 0.25) is 0 Å². The number of aromatic nitrogens is 2. The second kappa shape index (κ2) is 10.5. The van der Waals surface area contributed by atoms with Crippen molar-refractivity contribution < 1.29 is 10.0 Å². The minimum absolute atomic E-state index is 0.0907. The van der Waals surface area contributed by atoms with Crippen molar-refractivity contribution in [3.63, 3.8) is 0 Å². The topological polar surface area (TPSA) is 90.4 Å². The molecule has 1 saturated carbocycles. The van der Waals surface area contributed by atoms with Gasteiger partial charge < -0.3 is 5.32 Å². The van der Waals surface area contributed by atoms with Crippen molar-refractivity contribution in [2.75, 3.05) is 0 Å². The third-order valence-corrected chi connectivity index (χ3v) is 6.02. The lowest BCUT2D eigenvalue weighted by atomic mass is 9.89. The fraction of sp³-hybridized carbons (Fsp3) is 0.522.